The van der Waals surface area contributed by atoms with E-state index in [1.54, 1.807) is 19.1 Å². The van der Waals surface area contributed by atoms with E-state index in [-0.39, 0.29) is 31.3 Å². The number of carbonyl (C=O) groups excluding carboxylic acids is 3. The first-order valence-corrected chi connectivity index (χ1v) is 18.7. The van der Waals surface area contributed by atoms with Crippen molar-refractivity contribution in [3.8, 4) is 23.0 Å². The van der Waals surface area contributed by atoms with Gasteiger partial charge in [0.2, 0.25) is 21.8 Å². The van der Waals surface area contributed by atoms with Gasteiger partial charge in [-0.05, 0) is 57.1 Å². The minimum Gasteiger partial charge on any atom is -0.496 e. The zero-order valence-corrected chi connectivity index (χ0v) is 29.2. The molecule has 3 heterocycles. The Morgan fingerprint density at radius 2 is 1.88 bits per heavy atom. The molecule has 7 rings (SSSR count). The van der Waals surface area contributed by atoms with Gasteiger partial charge in [-0.3, -0.25) is 14.3 Å². The van der Waals surface area contributed by atoms with Crippen LogP contribution in [0.4, 0.5) is 4.79 Å². The van der Waals surface area contributed by atoms with Gasteiger partial charge in [0.1, 0.15) is 23.4 Å². The normalized spacial score (nSPS) is 26.3. The van der Waals surface area contributed by atoms with Crippen molar-refractivity contribution in [1.82, 2.24) is 29.8 Å². The minimum atomic E-state index is -3.84. The van der Waals surface area contributed by atoms with E-state index >= 15 is 0 Å². The first kappa shape index (κ1) is 33.8. The zero-order valence-electron chi connectivity index (χ0n) is 28.4. The molecule has 2 aliphatic heterocycles. The molecule has 4 aliphatic rings. The fraction of sp³-hybridized carbons (Fsp3) is 0.472. The van der Waals surface area contributed by atoms with E-state index in [2.05, 4.69) is 10.0 Å². The fourth-order valence-corrected chi connectivity index (χ4v) is 8.28. The number of methoxy groups -OCH3 is 1. The van der Waals surface area contributed by atoms with Crippen LogP contribution in [0.3, 0.4) is 0 Å². The van der Waals surface area contributed by atoms with Gasteiger partial charge in [0, 0.05) is 37.6 Å². The number of hydrogen-bond donors (Lipinski definition) is 2. The van der Waals surface area contributed by atoms with Crippen molar-refractivity contribution >= 4 is 38.8 Å². The van der Waals surface area contributed by atoms with E-state index in [9.17, 15) is 22.8 Å². The van der Waals surface area contributed by atoms with E-state index in [1.807, 2.05) is 61.5 Å². The molecular formula is C36H42N6O7S. The average Bonchev–Trinajstić information content (AvgIpc) is 4.03. The Bertz CT molecular complexity index is 1970. The Labute approximate surface area is 291 Å². The van der Waals surface area contributed by atoms with Gasteiger partial charge in [-0.1, -0.05) is 42.5 Å². The summed E-state index contributed by atoms with van der Waals surface area (Å²) in [4.78, 5) is 54.3. The van der Waals surface area contributed by atoms with Crippen molar-refractivity contribution in [3.63, 3.8) is 0 Å². The molecule has 4 amide bonds. The Hall–Kier alpha value is -4.72. The maximum atomic E-state index is 14.2. The number of ether oxygens (including phenoxy) is 2. The number of allylic oxidation sites excluding steroid dienone is 1. The number of rotatable bonds is 7. The average molecular weight is 703 g/mol. The first-order chi connectivity index (χ1) is 24.0. The monoisotopic (exact) mass is 702 g/mol. The molecule has 0 spiro atoms. The molecular weight excluding hydrogens is 660 g/mol. The lowest BCUT2D eigenvalue weighted by Gasteiger charge is -2.30. The van der Waals surface area contributed by atoms with Gasteiger partial charge in [-0.25, -0.2) is 18.2 Å². The van der Waals surface area contributed by atoms with E-state index in [0.717, 1.165) is 30.4 Å². The fourth-order valence-electron chi connectivity index (χ4n) is 6.92. The van der Waals surface area contributed by atoms with Crippen LogP contribution in [0, 0.1) is 12.8 Å². The van der Waals surface area contributed by atoms with E-state index in [1.165, 1.54) is 4.90 Å². The quantitative estimate of drug-likeness (QED) is 0.350. The molecule has 13 nitrogen and oxygen atoms in total. The highest BCUT2D eigenvalue weighted by Crippen LogP contribution is 2.46. The number of urea groups is 1. The summed E-state index contributed by atoms with van der Waals surface area (Å²) >= 11 is 0. The molecule has 1 saturated heterocycles. The molecule has 3 aromatic rings. The van der Waals surface area contributed by atoms with Gasteiger partial charge in [0.25, 0.3) is 5.91 Å². The number of hydrogen-bond acceptors (Lipinski definition) is 9. The molecule has 1 aromatic heterocycles. The molecule has 0 radical (unpaired) electrons. The number of aryl methyl sites for hydroxylation is 1. The van der Waals surface area contributed by atoms with Crippen molar-refractivity contribution in [2.24, 2.45) is 5.92 Å². The van der Waals surface area contributed by atoms with Crippen molar-refractivity contribution in [2.75, 3.05) is 27.2 Å². The summed E-state index contributed by atoms with van der Waals surface area (Å²) in [6.45, 7) is 2.52. The van der Waals surface area contributed by atoms with E-state index in [4.69, 9.17) is 19.4 Å². The molecule has 4 unspecified atom stereocenters. The number of nitrogens with one attached hydrogen (secondary N) is 2. The van der Waals surface area contributed by atoms with Gasteiger partial charge in [-0.15, -0.1) is 0 Å². The predicted octanol–water partition coefficient (Wildman–Crippen LogP) is 3.71. The SMILES string of the molecule is COc1cc2nc(-c3ccccc3)nc(OC3CC4C(=O)NC5(C(=O)NS(=O)(=O)C6CC6)CC5/C=C\CCCCN(C)C(=O)N4C3)c2cc1C. The standard InChI is InChI=1S/C36H42N6O7S/c1-22-17-27-28(19-30(22)48-3)37-31(23-11-7-6-8-12-23)38-33(27)49-25-18-29-32(43)39-36(34(44)40-50(46,47)26-14-15-26)20-24(36)13-9-4-5-10-16-41(2)35(45)42(29)21-25/h6-9,11-13,17,19,24-26,29H,4-5,10,14-16,18,20-21H2,1-3H3,(H,39,43)(H,40,44)/b13-9-. The Morgan fingerprint density at radius 1 is 1.10 bits per heavy atom. The largest absolute Gasteiger partial charge is 0.496 e. The molecule has 3 fully saturated rings. The molecule has 2 aliphatic carbocycles. The Morgan fingerprint density at radius 3 is 2.62 bits per heavy atom. The van der Waals surface area contributed by atoms with Gasteiger partial charge in [0.05, 0.1) is 29.8 Å². The van der Waals surface area contributed by atoms with Crippen LogP contribution < -0.4 is 19.5 Å². The van der Waals surface area contributed by atoms with Gasteiger partial charge in [-0.2, -0.15) is 4.98 Å². The van der Waals surface area contributed by atoms with Crippen LogP contribution in [-0.4, -0.2) is 96.2 Å². The zero-order chi connectivity index (χ0) is 35.2. The number of fused-ring (bicyclic) bond motifs is 3. The third kappa shape index (κ3) is 6.60. The van der Waals surface area contributed by atoms with Crippen molar-refractivity contribution in [1.29, 1.82) is 0 Å². The number of aromatic nitrogens is 2. The van der Waals surface area contributed by atoms with Crippen LogP contribution >= 0.6 is 0 Å². The third-order valence-corrected chi connectivity index (χ3v) is 11.9. The molecule has 0 bridgehead atoms. The molecule has 2 N–H and O–H groups in total. The summed E-state index contributed by atoms with van der Waals surface area (Å²) < 4.78 is 39.9. The Balaban J connectivity index is 1.21. The number of carbonyl (C=O) groups is 3. The molecule has 2 saturated carbocycles. The number of nitrogens with zero attached hydrogens (tertiary/aromatic N) is 4. The first-order valence-electron chi connectivity index (χ1n) is 17.1. The summed E-state index contributed by atoms with van der Waals surface area (Å²) in [5.41, 5.74) is 0.839. The van der Waals surface area contributed by atoms with Gasteiger partial charge >= 0.3 is 6.03 Å². The highest BCUT2D eigenvalue weighted by molar-refractivity contribution is 7.91. The number of benzene rings is 2. The molecule has 2 aromatic carbocycles. The second-order valence-electron chi connectivity index (χ2n) is 13.8. The molecule has 14 heteroatoms. The lowest BCUT2D eigenvalue weighted by Crippen LogP contribution is -2.57. The van der Waals surface area contributed by atoms with Crippen LogP contribution in [0.2, 0.25) is 0 Å². The smallest absolute Gasteiger partial charge is 0.320 e. The van der Waals surface area contributed by atoms with Crippen LogP contribution in [0.15, 0.2) is 54.6 Å². The second-order valence-corrected chi connectivity index (χ2v) is 15.7. The lowest BCUT2D eigenvalue weighted by atomic mass is 10.1. The summed E-state index contributed by atoms with van der Waals surface area (Å²) in [6.07, 6.45) is 6.94. The maximum Gasteiger partial charge on any atom is 0.320 e. The van der Waals surface area contributed by atoms with E-state index in [0.29, 0.717) is 47.7 Å². The van der Waals surface area contributed by atoms with Crippen LogP contribution in [0.25, 0.3) is 22.3 Å². The third-order valence-electron chi connectivity index (χ3n) is 10.1. The van der Waals surface area contributed by atoms with Gasteiger partial charge < -0.3 is 24.6 Å². The molecule has 50 heavy (non-hydrogen) atoms. The topological polar surface area (TPSA) is 160 Å². The minimum absolute atomic E-state index is 0.0984. The maximum absolute atomic E-state index is 14.2. The molecule has 4 atom stereocenters. The summed E-state index contributed by atoms with van der Waals surface area (Å²) in [7, 11) is -0.529. The highest BCUT2D eigenvalue weighted by Gasteiger charge is 2.62. The summed E-state index contributed by atoms with van der Waals surface area (Å²) in [5, 5.41) is 2.97. The van der Waals surface area contributed by atoms with E-state index < -0.39 is 44.8 Å². The van der Waals surface area contributed by atoms with Gasteiger partial charge in [0.15, 0.2) is 5.82 Å². The lowest BCUT2D eigenvalue weighted by molar-refractivity contribution is -0.131. The van der Waals surface area contributed by atoms with Crippen LogP contribution in [0.1, 0.15) is 50.5 Å². The van der Waals surface area contributed by atoms with Crippen molar-refractivity contribution < 1.29 is 32.3 Å². The number of sulfonamides is 1. The summed E-state index contributed by atoms with van der Waals surface area (Å²) in [6, 6.07) is 11.9. The number of amides is 4. The highest BCUT2D eigenvalue weighted by atomic mass is 32.2. The second kappa shape index (κ2) is 13.2. The summed E-state index contributed by atoms with van der Waals surface area (Å²) in [5.74, 6) is -0.223. The predicted molar refractivity (Wildman–Crippen MR) is 186 cm³/mol. The van der Waals surface area contributed by atoms with Crippen LogP contribution in [-0.2, 0) is 19.6 Å². The Kier molecular flexibility index (Phi) is 8.91. The van der Waals surface area contributed by atoms with Crippen molar-refractivity contribution in [2.45, 2.75) is 74.8 Å². The molecule has 264 valence electrons. The van der Waals surface area contributed by atoms with Crippen molar-refractivity contribution in [3.05, 3.63) is 60.2 Å². The van der Waals surface area contributed by atoms with Crippen LogP contribution in [0.5, 0.6) is 11.6 Å².